The highest BCUT2D eigenvalue weighted by Crippen LogP contribution is 2.36. The molecule has 2 aromatic carbocycles. The molecule has 4 aromatic rings. The predicted octanol–water partition coefficient (Wildman–Crippen LogP) is 5.89. The lowest BCUT2D eigenvalue weighted by Crippen LogP contribution is -2.34. The van der Waals surface area contributed by atoms with E-state index in [1.807, 2.05) is 6.07 Å². The highest BCUT2D eigenvalue weighted by atomic mass is 19.1. The molecular weight excluding hydrogens is 483 g/mol. The summed E-state index contributed by atoms with van der Waals surface area (Å²) in [7, 11) is 1.68. The van der Waals surface area contributed by atoms with Crippen molar-refractivity contribution in [1.82, 2.24) is 14.9 Å². The Morgan fingerprint density at radius 1 is 1.16 bits per heavy atom. The topological polar surface area (TPSA) is 108 Å². The van der Waals surface area contributed by atoms with Crippen molar-refractivity contribution in [3.63, 3.8) is 0 Å². The third-order valence-electron chi connectivity index (χ3n) is 7.07. The van der Waals surface area contributed by atoms with Crippen LogP contribution < -0.4 is 21.1 Å². The summed E-state index contributed by atoms with van der Waals surface area (Å²) in [6.07, 6.45) is 6.90. The van der Waals surface area contributed by atoms with E-state index in [-0.39, 0.29) is 11.3 Å². The molecule has 8 nitrogen and oxygen atoms in total. The molecule has 1 unspecified atom stereocenters. The fraction of sp³-hybridized carbons (Fsp3) is 0.310. The summed E-state index contributed by atoms with van der Waals surface area (Å²) < 4.78 is 19.7. The average Bonchev–Trinajstić information content (AvgIpc) is 3.33. The number of carbonyl (C=O) groups is 1. The SMILES string of the molecule is CCCN1CCCC(c2ccc(Nc3cc4c(Nc5cc(F)ccc5C(N)=O)cncc4[nH]3)c(OC)c2)C1. The van der Waals surface area contributed by atoms with E-state index in [9.17, 15) is 9.18 Å². The molecule has 3 heterocycles. The monoisotopic (exact) mass is 516 g/mol. The maximum Gasteiger partial charge on any atom is 0.250 e. The van der Waals surface area contributed by atoms with Crippen LogP contribution in [-0.2, 0) is 0 Å². The number of aromatic amines is 1. The Kier molecular flexibility index (Phi) is 7.46. The quantitative estimate of drug-likeness (QED) is 0.221. The van der Waals surface area contributed by atoms with Crippen molar-refractivity contribution in [1.29, 1.82) is 0 Å². The van der Waals surface area contributed by atoms with E-state index in [2.05, 4.69) is 50.6 Å². The Morgan fingerprint density at radius 3 is 2.82 bits per heavy atom. The number of benzene rings is 2. The average molecular weight is 517 g/mol. The summed E-state index contributed by atoms with van der Waals surface area (Å²) in [5.41, 5.74) is 9.46. The van der Waals surface area contributed by atoms with Gasteiger partial charge < -0.3 is 31.0 Å². The zero-order chi connectivity index (χ0) is 26.6. The first kappa shape index (κ1) is 25.5. The number of hydrogen-bond acceptors (Lipinski definition) is 6. The van der Waals surface area contributed by atoms with Crippen molar-refractivity contribution in [2.75, 3.05) is 37.4 Å². The molecule has 38 heavy (non-hydrogen) atoms. The third kappa shape index (κ3) is 5.43. The molecule has 9 heteroatoms. The zero-order valence-electron chi connectivity index (χ0n) is 21.7. The molecule has 5 N–H and O–H groups in total. The number of carbonyl (C=O) groups excluding carboxylic acids is 1. The van der Waals surface area contributed by atoms with E-state index in [0.717, 1.165) is 41.2 Å². The summed E-state index contributed by atoms with van der Waals surface area (Å²) in [4.78, 5) is 22.0. The highest BCUT2D eigenvalue weighted by Gasteiger charge is 2.22. The molecule has 1 aliphatic heterocycles. The predicted molar refractivity (Wildman–Crippen MR) is 149 cm³/mol. The number of nitrogens with one attached hydrogen (secondary N) is 3. The number of rotatable bonds is 9. The first-order valence-electron chi connectivity index (χ1n) is 13.0. The molecule has 0 bridgehead atoms. The molecule has 0 radical (unpaired) electrons. The van der Waals surface area contributed by atoms with Crippen molar-refractivity contribution >= 4 is 39.7 Å². The first-order valence-corrected chi connectivity index (χ1v) is 13.0. The van der Waals surface area contributed by atoms with Gasteiger partial charge >= 0.3 is 0 Å². The van der Waals surface area contributed by atoms with Crippen LogP contribution in [-0.4, -0.2) is 47.5 Å². The number of amides is 1. The van der Waals surface area contributed by atoms with Gasteiger partial charge in [0, 0.05) is 11.9 Å². The fourth-order valence-electron chi connectivity index (χ4n) is 5.25. The van der Waals surface area contributed by atoms with Gasteiger partial charge in [-0.2, -0.15) is 0 Å². The van der Waals surface area contributed by atoms with Gasteiger partial charge in [0.2, 0.25) is 0 Å². The highest BCUT2D eigenvalue weighted by molar-refractivity contribution is 6.02. The van der Waals surface area contributed by atoms with Crippen LogP contribution >= 0.6 is 0 Å². The molecular formula is C29H33FN6O2. The number of likely N-dealkylation sites (tertiary alicyclic amines) is 1. The van der Waals surface area contributed by atoms with Crippen molar-refractivity contribution < 1.29 is 13.9 Å². The van der Waals surface area contributed by atoms with E-state index in [1.54, 1.807) is 19.5 Å². The van der Waals surface area contributed by atoms with E-state index in [0.29, 0.717) is 11.6 Å². The molecule has 1 aliphatic rings. The zero-order valence-corrected chi connectivity index (χ0v) is 21.7. The standard InChI is InChI=1S/C29H33FN6O2/c1-3-10-36-11-4-5-19(17-36)18-6-9-23(27(12-18)38-2)34-28-14-22-25(15-32-16-26(22)35-28)33-24-13-20(30)7-8-21(24)29(31)37/h6-9,12-16,19,33-35H,3-5,10-11,17H2,1-2H3,(H2,31,37). The smallest absolute Gasteiger partial charge is 0.250 e. The summed E-state index contributed by atoms with van der Waals surface area (Å²) >= 11 is 0. The molecule has 1 saturated heterocycles. The largest absolute Gasteiger partial charge is 0.495 e. The van der Waals surface area contributed by atoms with Crippen LogP contribution in [0.4, 0.5) is 27.3 Å². The number of halogens is 1. The van der Waals surface area contributed by atoms with Crippen molar-refractivity contribution in [3.05, 3.63) is 71.8 Å². The van der Waals surface area contributed by atoms with Gasteiger partial charge in [-0.15, -0.1) is 0 Å². The number of primary amides is 1. The number of anilines is 4. The molecule has 0 aliphatic carbocycles. The second-order valence-electron chi connectivity index (χ2n) is 9.73. The minimum absolute atomic E-state index is 0.192. The van der Waals surface area contributed by atoms with E-state index in [4.69, 9.17) is 10.5 Å². The summed E-state index contributed by atoms with van der Waals surface area (Å²) in [5.74, 6) is 0.889. The lowest BCUT2D eigenvalue weighted by molar-refractivity contribution is 0.100. The second-order valence-corrected chi connectivity index (χ2v) is 9.73. The number of pyridine rings is 1. The van der Waals surface area contributed by atoms with Gasteiger partial charge in [0.15, 0.2) is 0 Å². The first-order chi connectivity index (χ1) is 18.4. The Bertz CT molecular complexity index is 1450. The summed E-state index contributed by atoms with van der Waals surface area (Å²) in [5, 5.41) is 7.35. The summed E-state index contributed by atoms with van der Waals surface area (Å²) in [6, 6.07) is 12.1. The molecule has 1 atom stereocenters. The second kappa shape index (κ2) is 11.1. The number of H-pyrrole nitrogens is 1. The van der Waals surface area contributed by atoms with Crippen LogP contribution in [0, 0.1) is 5.82 Å². The molecule has 198 valence electrons. The number of hydrogen-bond donors (Lipinski definition) is 4. The van der Waals surface area contributed by atoms with Crippen molar-refractivity contribution in [2.24, 2.45) is 5.73 Å². The van der Waals surface area contributed by atoms with Gasteiger partial charge in [0.1, 0.15) is 17.4 Å². The lowest BCUT2D eigenvalue weighted by Gasteiger charge is -2.33. The molecule has 5 rings (SSSR count). The van der Waals surface area contributed by atoms with Gasteiger partial charge in [-0.1, -0.05) is 13.0 Å². The van der Waals surface area contributed by atoms with Gasteiger partial charge in [-0.25, -0.2) is 4.39 Å². The maximum absolute atomic E-state index is 13.9. The molecule has 2 aromatic heterocycles. The van der Waals surface area contributed by atoms with Crippen LogP contribution in [0.25, 0.3) is 10.9 Å². The fourth-order valence-corrected chi connectivity index (χ4v) is 5.25. The van der Waals surface area contributed by atoms with Crippen LogP contribution in [0.3, 0.4) is 0 Å². The summed E-state index contributed by atoms with van der Waals surface area (Å²) in [6.45, 7) is 5.63. The number of methoxy groups -OCH3 is 1. The van der Waals surface area contributed by atoms with Crippen LogP contribution in [0.15, 0.2) is 54.9 Å². The maximum atomic E-state index is 13.9. The minimum Gasteiger partial charge on any atom is -0.495 e. The normalized spacial score (nSPS) is 15.9. The molecule has 1 fully saturated rings. The number of nitrogens with zero attached hydrogens (tertiary/aromatic N) is 2. The number of aromatic nitrogens is 2. The van der Waals surface area contributed by atoms with E-state index < -0.39 is 11.7 Å². The van der Waals surface area contributed by atoms with Crippen LogP contribution in [0.5, 0.6) is 5.75 Å². The lowest BCUT2D eigenvalue weighted by atomic mass is 9.90. The van der Waals surface area contributed by atoms with E-state index in [1.165, 1.54) is 49.6 Å². The van der Waals surface area contributed by atoms with Crippen molar-refractivity contribution in [2.45, 2.75) is 32.1 Å². The Balaban J connectivity index is 1.39. The van der Waals surface area contributed by atoms with Gasteiger partial charge in [-0.05, 0) is 80.2 Å². The van der Waals surface area contributed by atoms with Gasteiger partial charge in [0.05, 0.1) is 47.6 Å². The Morgan fingerprint density at radius 2 is 2.03 bits per heavy atom. The van der Waals surface area contributed by atoms with Crippen LogP contribution in [0.1, 0.15) is 48.0 Å². The number of fused-ring (bicyclic) bond motifs is 1. The van der Waals surface area contributed by atoms with Gasteiger partial charge in [-0.3, -0.25) is 9.78 Å². The molecule has 1 amide bonds. The molecule has 0 spiro atoms. The Labute approximate surface area is 221 Å². The minimum atomic E-state index is -0.647. The number of ether oxygens (including phenoxy) is 1. The number of nitrogens with two attached hydrogens (primary N) is 1. The number of piperidine rings is 1. The van der Waals surface area contributed by atoms with Crippen molar-refractivity contribution in [3.8, 4) is 5.75 Å². The van der Waals surface area contributed by atoms with Gasteiger partial charge in [0.25, 0.3) is 5.91 Å². The third-order valence-corrected chi connectivity index (χ3v) is 7.07. The van der Waals surface area contributed by atoms with Crippen LogP contribution in [0.2, 0.25) is 0 Å². The molecule has 0 saturated carbocycles. The van der Waals surface area contributed by atoms with E-state index >= 15 is 0 Å². The Hall–Kier alpha value is -4.11.